The van der Waals surface area contributed by atoms with Crippen molar-refractivity contribution in [3.05, 3.63) is 29.3 Å². The minimum atomic E-state index is 0.227. The fraction of sp³-hybridized carbons (Fsp3) is 0.500. The monoisotopic (exact) mass is 245 g/mol. The van der Waals surface area contributed by atoms with Crippen molar-refractivity contribution in [3.63, 3.8) is 0 Å². The maximum absolute atomic E-state index is 11.8. The Bertz CT molecular complexity index is 486. The number of hydrogen-bond donors (Lipinski definition) is 1. The highest BCUT2D eigenvalue weighted by Gasteiger charge is 2.32. The van der Waals surface area contributed by atoms with Crippen molar-refractivity contribution in [2.24, 2.45) is 0 Å². The van der Waals surface area contributed by atoms with Gasteiger partial charge in [0.1, 0.15) is 0 Å². The van der Waals surface area contributed by atoms with Crippen LogP contribution in [0.4, 0.5) is 5.69 Å². The van der Waals surface area contributed by atoms with Gasteiger partial charge in [-0.1, -0.05) is 6.07 Å². The first-order valence-corrected chi connectivity index (χ1v) is 6.51. The van der Waals surface area contributed by atoms with Crippen LogP contribution in [0.25, 0.3) is 0 Å². The first kappa shape index (κ1) is 11.5. The Balaban J connectivity index is 1.82. The molecule has 3 rings (SSSR count). The molecule has 1 aromatic rings. The van der Waals surface area contributed by atoms with Gasteiger partial charge in [0, 0.05) is 31.9 Å². The van der Waals surface area contributed by atoms with E-state index in [-0.39, 0.29) is 5.91 Å². The van der Waals surface area contributed by atoms with Crippen molar-refractivity contribution in [1.82, 2.24) is 9.80 Å². The molecular formula is C14H19N3O. The molecule has 1 amide bonds. The van der Waals surface area contributed by atoms with Crippen LogP contribution >= 0.6 is 0 Å². The number of hydrogen-bond acceptors (Lipinski definition) is 3. The third kappa shape index (κ3) is 1.86. The number of nitrogens with two attached hydrogens (primary N) is 1. The Morgan fingerprint density at radius 3 is 2.94 bits per heavy atom. The van der Waals surface area contributed by atoms with Gasteiger partial charge in [0.25, 0.3) is 0 Å². The summed E-state index contributed by atoms with van der Waals surface area (Å²) in [5.41, 5.74) is 9.37. The molecule has 96 valence electrons. The predicted molar refractivity (Wildman–Crippen MR) is 71.1 cm³/mol. The molecule has 1 saturated heterocycles. The maximum atomic E-state index is 11.8. The summed E-state index contributed by atoms with van der Waals surface area (Å²) in [7, 11) is 1.88. The predicted octanol–water partition coefficient (Wildman–Crippen LogP) is 1.03. The SMILES string of the molecule is CN1CCN(C2CCc3cc(N)ccc32)CC1=O. The molecule has 0 saturated carbocycles. The lowest BCUT2D eigenvalue weighted by Gasteiger charge is -2.36. The Morgan fingerprint density at radius 2 is 2.17 bits per heavy atom. The number of anilines is 1. The number of carbonyl (C=O) groups is 1. The molecular weight excluding hydrogens is 226 g/mol. The van der Waals surface area contributed by atoms with E-state index in [9.17, 15) is 4.79 Å². The van der Waals surface area contributed by atoms with Crippen molar-refractivity contribution < 1.29 is 4.79 Å². The Hall–Kier alpha value is -1.55. The summed E-state index contributed by atoms with van der Waals surface area (Å²) in [6.07, 6.45) is 2.18. The number of carbonyl (C=O) groups excluding carboxylic acids is 1. The quantitative estimate of drug-likeness (QED) is 0.752. The summed E-state index contributed by atoms with van der Waals surface area (Å²) in [5.74, 6) is 0.227. The molecule has 0 spiro atoms. The first-order valence-electron chi connectivity index (χ1n) is 6.51. The van der Waals surface area contributed by atoms with Crippen LogP contribution in [0.15, 0.2) is 18.2 Å². The summed E-state index contributed by atoms with van der Waals surface area (Å²) in [4.78, 5) is 15.9. The van der Waals surface area contributed by atoms with Crippen LogP contribution < -0.4 is 5.73 Å². The highest BCUT2D eigenvalue weighted by atomic mass is 16.2. The van der Waals surface area contributed by atoms with E-state index in [0.717, 1.165) is 31.6 Å². The van der Waals surface area contributed by atoms with Crippen molar-refractivity contribution >= 4 is 11.6 Å². The van der Waals surface area contributed by atoms with Gasteiger partial charge in [0.15, 0.2) is 0 Å². The number of nitrogen functional groups attached to an aromatic ring is 1. The lowest BCUT2D eigenvalue weighted by atomic mass is 10.1. The van der Waals surface area contributed by atoms with Gasteiger partial charge in [-0.05, 0) is 36.1 Å². The van der Waals surface area contributed by atoms with Gasteiger partial charge in [-0.15, -0.1) is 0 Å². The Labute approximate surface area is 107 Å². The number of fused-ring (bicyclic) bond motifs is 1. The summed E-state index contributed by atoms with van der Waals surface area (Å²) >= 11 is 0. The Morgan fingerprint density at radius 1 is 1.33 bits per heavy atom. The average molecular weight is 245 g/mol. The van der Waals surface area contributed by atoms with Crippen molar-refractivity contribution in [2.45, 2.75) is 18.9 Å². The molecule has 1 heterocycles. The normalized spacial score (nSPS) is 24.4. The van der Waals surface area contributed by atoms with Crippen LogP contribution in [0.5, 0.6) is 0 Å². The molecule has 1 aliphatic carbocycles. The number of likely N-dealkylation sites (N-methyl/N-ethyl adjacent to an activating group) is 1. The van der Waals surface area contributed by atoms with E-state index in [4.69, 9.17) is 5.73 Å². The van der Waals surface area contributed by atoms with E-state index in [1.54, 1.807) is 0 Å². The lowest BCUT2D eigenvalue weighted by Crippen LogP contribution is -2.49. The number of aryl methyl sites for hydroxylation is 1. The number of amides is 1. The molecule has 2 N–H and O–H groups in total. The van der Waals surface area contributed by atoms with Crippen molar-refractivity contribution in [1.29, 1.82) is 0 Å². The molecule has 1 aliphatic heterocycles. The number of nitrogens with zero attached hydrogens (tertiary/aromatic N) is 2. The van der Waals surface area contributed by atoms with Crippen LogP contribution in [-0.4, -0.2) is 42.4 Å². The van der Waals surface area contributed by atoms with Gasteiger partial charge >= 0.3 is 0 Å². The number of piperazine rings is 1. The van der Waals surface area contributed by atoms with Crippen LogP contribution in [-0.2, 0) is 11.2 Å². The number of benzene rings is 1. The molecule has 4 heteroatoms. The third-order valence-corrected chi connectivity index (χ3v) is 4.14. The van der Waals surface area contributed by atoms with Crippen LogP contribution in [0.2, 0.25) is 0 Å². The van der Waals surface area contributed by atoms with Gasteiger partial charge in [0.2, 0.25) is 5.91 Å². The van der Waals surface area contributed by atoms with E-state index in [0.29, 0.717) is 12.6 Å². The van der Waals surface area contributed by atoms with Crippen molar-refractivity contribution in [2.75, 3.05) is 32.4 Å². The molecule has 18 heavy (non-hydrogen) atoms. The van der Waals surface area contributed by atoms with Crippen molar-refractivity contribution in [3.8, 4) is 0 Å². The van der Waals surface area contributed by atoms with E-state index < -0.39 is 0 Å². The second-order valence-electron chi connectivity index (χ2n) is 5.30. The molecule has 0 aromatic heterocycles. The van der Waals surface area contributed by atoms with E-state index in [1.807, 2.05) is 18.0 Å². The van der Waals surface area contributed by atoms with Crippen LogP contribution in [0.1, 0.15) is 23.6 Å². The minimum Gasteiger partial charge on any atom is -0.399 e. The second kappa shape index (κ2) is 4.28. The average Bonchev–Trinajstić information content (AvgIpc) is 2.75. The first-order chi connectivity index (χ1) is 8.65. The molecule has 4 nitrogen and oxygen atoms in total. The van der Waals surface area contributed by atoms with E-state index in [1.165, 1.54) is 11.1 Å². The van der Waals surface area contributed by atoms with Gasteiger partial charge in [0.05, 0.1) is 6.54 Å². The summed E-state index contributed by atoms with van der Waals surface area (Å²) in [6, 6.07) is 6.58. The largest absolute Gasteiger partial charge is 0.399 e. The zero-order valence-electron chi connectivity index (χ0n) is 10.7. The van der Waals surface area contributed by atoms with E-state index >= 15 is 0 Å². The highest BCUT2D eigenvalue weighted by Crippen LogP contribution is 2.37. The van der Waals surface area contributed by atoms with Gasteiger partial charge in [-0.25, -0.2) is 0 Å². The lowest BCUT2D eigenvalue weighted by molar-refractivity contribution is -0.135. The van der Waals surface area contributed by atoms with E-state index in [2.05, 4.69) is 17.0 Å². The zero-order chi connectivity index (χ0) is 12.7. The molecule has 0 radical (unpaired) electrons. The van der Waals surface area contributed by atoms with Gasteiger partial charge < -0.3 is 10.6 Å². The molecule has 1 fully saturated rings. The molecule has 1 atom stereocenters. The molecule has 1 aromatic carbocycles. The molecule has 1 unspecified atom stereocenters. The van der Waals surface area contributed by atoms with Gasteiger partial charge in [-0.2, -0.15) is 0 Å². The minimum absolute atomic E-state index is 0.227. The summed E-state index contributed by atoms with van der Waals surface area (Å²) in [5, 5.41) is 0. The molecule has 2 aliphatic rings. The van der Waals surface area contributed by atoms with Crippen LogP contribution in [0, 0.1) is 0 Å². The Kier molecular flexibility index (Phi) is 2.74. The number of rotatable bonds is 1. The zero-order valence-corrected chi connectivity index (χ0v) is 10.7. The smallest absolute Gasteiger partial charge is 0.236 e. The standard InChI is InChI=1S/C14H19N3O/c1-16-6-7-17(9-14(16)18)13-5-2-10-8-11(15)3-4-12(10)13/h3-4,8,13H,2,5-7,9,15H2,1H3. The summed E-state index contributed by atoms with van der Waals surface area (Å²) < 4.78 is 0. The van der Waals surface area contributed by atoms with Crippen LogP contribution in [0.3, 0.4) is 0 Å². The fourth-order valence-corrected chi connectivity index (χ4v) is 3.04. The molecule has 0 bridgehead atoms. The van der Waals surface area contributed by atoms with Gasteiger partial charge in [-0.3, -0.25) is 9.69 Å². The summed E-state index contributed by atoms with van der Waals surface area (Å²) in [6.45, 7) is 2.35. The highest BCUT2D eigenvalue weighted by molar-refractivity contribution is 5.78. The second-order valence-corrected chi connectivity index (χ2v) is 5.30. The fourth-order valence-electron chi connectivity index (χ4n) is 3.04. The third-order valence-electron chi connectivity index (χ3n) is 4.14. The topological polar surface area (TPSA) is 49.6 Å². The maximum Gasteiger partial charge on any atom is 0.236 e.